The molecule has 4 aromatic carbocycles. The van der Waals surface area contributed by atoms with Crippen molar-refractivity contribution in [2.75, 3.05) is 13.1 Å². The smallest absolute Gasteiger partial charge is 0.307 e. The van der Waals surface area contributed by atoms with Crippen molar-refractivity contribution in [3.63, 3.8) is 0 Å². The largest absolute Gasteiger partial charge is 1.00 e. The Bertz CT molecular complexity index is 5120. The van der Waals surface area contributed by atoms with Gasteiger partial charge in [-0.05, 0) is 174 Å². The van der Waals surface area contributed by atoms with Crippen LogP contribution >= 0.6 is 12.4 Å². The number of hydrogen-bond donors (Lipinski definition) is 5. The molecule has 6 aliphatic heterocycles. The summed E-state index contributed by atoms with van der Waals surface area (Å²) in [6.07, 6.45) is 19.2. The molecule has 0 unspecified atom stereocenters. The summed E-state index contributed by atoms with van der Waals surface area (Å²) < 4.78 is 104. The molecule has 6 fully saturated rings. The van der Waals surface area contributed by atoms with Crippen molar-refractivity contribution < 1.29 is 91.5 Å². The normalized spacial score (nSPS) is 28.9. The second kappa shape index (κ2) is 31.2. The monoisotopic (exact) mass is 1630 g/mol. The molecule has 7 N–H and O–H groups in total. The molecule has 29 heteroatoms. The van der Waals surface area contributed by atoms with Crippen LogP contribution < -0.4 is 47.7 Å². The van der Waals surface area contributed by atoms with Gasteiger partial charge in [0.05, 0.1) is 40.0 Å². The van der Waals surface area contributed by atoms with Gasteiger partial charge >= 0.3 is 5.97 Å². The van der Waals surface area contributed by atoms with Crippen LogP contribution in [0.1, 0.15) is 181 Å². The van der Waals surface area contributed by atoms with Crippen LogP contribution in [0, 0.1) is 29.4 Å². The molecule has 0 radical (unpaired) electrons. The molecule has 6 amide bonds. The molecular formula is C84H99Cl2F2N9O14S2. The summed E-state index contributed by atoms with van der Waals surface area (Å²) in [4.78, 5) is 113. The molecule has 4 aliphatic carbocycles. The van der Waals surface area contributed by atoms with Crippen LogP contribution in [0.5, 0.6) is 11.5 Å². The fraction of sp³-hybridized carbons (Fsp3) is 0.512. The Labute approximate surface area is 669 Å². The van der Waals surface area contributed by atoms with Gasteiger partial charge in [-0.3, -0.25) is 43.0 Å². The Kier molecular flexibility index (Phi) is 22.7. The number of para-hydroxylation sites is 2. The fourth-order valence-electron chi connectivity index (χ4n) is 17.3. The van der Waals surface area contributed by atoms with Gasteiger partial charge < -0.3 is 52.8 Å². The first-order chi connectivity index (χ1) is 52.8. The number of sulfonamides is 2. The molecular weight excluding hydrogens is 1530 g/mol. The molecule has 113 heavy (non-hydrogen) atoms. The number of carbonyl (C=O) groups is 7. The lowest BCUT2D eigenvalue weighted by Crippen LogP contribution is -3.00. The lowest BCUT2D eigenvalue weighted by molar-refractivity contribution is -0.407. The first kappa shape index (κ1) is 82.4. The van der Waals surface area contributed by atoms with Crippen molar-refractivity contribution in [2.45, 2.75) is 238 Å². The number of hydrogen-bond acceptors (Lipinski definition) is 16. The Morgan fingerprint density at radius 2 is 1.03 bits per heavy atom. The van der Waals surface area contributed by atoms with E-state index < -0.39 is 140 Å². The molecule has 0 bridgehead atoms. The number of carbonyl (C=O) groups excluding carboxylic acids is 7. The fourth-order valence-corrected chi connectivity index (χ4v) is 19.9. The van der Waals surface area contributed by atoms with E-state index in [4.69, 9.17) is 24.2 Å². The zero-order chi connectivity index (χ0) is 78.4. The molecule has 23 nitrogen and oxygen atoms in total. The average Bonchev–Trinajstić information content (AvgIpc) is 1.65. The maximum absolute atomic E-state index is 15.0. The summed E-state index contributed by atoms with van der Waals surface area (Å²) in [5, 5.41) is 7.71. The lowest BCUT2D eigenvalue weighted by atomic mass is 9.86. The maximum Gasteiger partial charge on any atom is 0.307 e. The number of halogens is 4. The van der Waals surface area contributed by atoms with Gasteiger partial charge in [-0.1, -0.05) is 104 Å². The van der Waals surface area contributed by atoms with E-state index in [2.05, 4.69) is 25.8 Å². The molecule has 2 aromatic heterocycles. The van der Waals surface area contributed by atoms with Crippen molar-refractivity contribution >= 4 is 95.7 Å². The zero-order valence-electron chi connectivity index (χ0n) is 64.3. The van der Waals surface area contributed by atoms with E-state index in [1.165, 1.54) is 29.2 Å². The van der Waals surface area contributed by atoms with Crippen LogP contribution in [-0.2, 0) is 71.2 Å². The lowest BCUT2D eigenvalue weighted by Gasteiger charge is -2.37. The summed E-state index contributed by atoms with van der Waals surface area (Å²) in [5.74, 6) is -5.43. The van der Waals surface area contributed by atoms with Gasteiger partial charge in [-0.15, -0.1) is 12.4 Å². The van der Waals surface area contributed by atoms with E-state index >= 15 is 0 Å². The summed E-state index contributed by atoms with van der Waals surface area (Å²) in [6, 6.07) is 25.0. The van der Waals surface area contributed by atoms with Crippen molar-refractivity contribution in [2.24, 2.45) is 17.8 Å². The molecule has 10 aliphatic rings. The number of pyridine rings is 2. The first-order valence-electron chi connectivity index (χ1n) is 39.3. The van der Waals surface area contributed by atoms with E-state index in [0.29, 0.717) is 111 Å². The second-order valence-corrected chi connectivity index (χ2v) is 38.6. The molecule has 6 aromatic rings. The van der Waals surface area contributed by atoms with Gasteiger partial charge in [0.25, 0.3) is 17.7 Å². The molecule has 604 valence electrons. The predicted octanol–water partition coefficient (Wildman–Crippen LogP) is 7.58. The van der Waals surface area contributed by atoms with E-state index in [-0.39, 0.29) is 75.9 Å². The molecule has 4 saturated carbocycles. The van der Waals surface area contributed by atoms with Gasteiger partial charge in [0.2, 0.25) is 37.8 Å². The van der Waals surface area contributed by atoms with Crippen LogP contribution in [-0.4, -0.2) is 147 Å². The Morgan fingerprint density at radius 1 is 0.593 bits per heavy atom. The van der Waals surface area contributed by atoms with E-state index in [1.807, 2.05) is 72.8 Å². The van der Waals surface area contributed by atoms with Crippen LogP contribution in [0.15, 0.2) is 121 Å². The van der Waals surface area contributed by atoms with Gasteiger partial charge in [-0.25, -0.2) is 35.6 Å². The van der Waals surface area contributed by atoms with Gasteiger partial charge in [0.15, 0.2) is 6.04 Å². The highest BCUT2D eigenvalue weighted by Crippen LogP contribution is 2.53. The number of nitrogens with zero attached hydrogens (tertiary/aromatic N) is 4. The minimum Gasteiger partial charge on any atom is -1.00 e. The Balaban J connectivity index is 0.000000195. The second-order valence-electron chi connectivity index (χ2n) is 34.2. The number of allylic oxidation sites excluding steroid dienone is 2. The van der Waals surface area contributed by atoms with Gasteiger partial charge in [0.1, 0.15) is 74.5 Å². The predicted molar refractivity (Wildman–Crippen MR) is 418 cm³/mol. The highest BCUT2D eigenvalue weighted by Gasteiger charge is 2.66. The van der Waals surface area contributed by atoms with Crippen LogP contribution in [0.25, 0.3) is 44.3 Å². The minimum absolute atomic E-state index is 0. The SMILES string of the molecule is CC(C)(C)OC(=O)C[C@H]1CCCCC/C=C\[C@@H]2C[C@@]2(C(=O)NS(=O)(=O)C2(C)CC2)NC(=O)[C@@H]2C[C@]3(CCc4c(c(-c5cccc(F)c5)nc5ccccc45)O3)CN2C1=O.CC1(S(=O)(=O)NC(=O)[C@@]23C[C@H]2/C=C\CCCCC[C@H]([NH3+])C(=O)N2C[C@@]4(CCc5c(c(-c6cccc(F)c6)nc6ccccc56)O4)C[C@H]2C(=O)N3)CC1.Cl.[Cl-]. The number of nitrogens with one attached hydrogen (secondary N) is 4. The summed E-state index contributed by atoms with van der Waals surface area (Å²) in [7, 11) is -7.97. The van der Waals surface area contributed by atoms with Crippen molar-refractivity contribution in [3.05, 3.63) is 144 Å². The van der Waals surface area contributed by atoms with E-state index in [1.54, 1.807) is 63.8 Å². The van der Waals surface area contributed by atoms with Crippen LogP contribution in [0.3, 0.4) is 0 Å². The molecule has 2 saturated heterocycles. The number of rotatable bonds is 10. The highest BCUT2D eigenvalue weighted by molar-refractivity contribution is 7.92. The molecule has 16 rings (SSSR count). The molecule has 2 spiro atoms. The number of benzene rings is 4. The quantitative estimate of drug-likeness (QED) is 0.0651. The number of aromatic nitrogens is 2. The van der Waals surface area contributed by atoms with Crippen LogP contribution in [0.4, 0.5) is 8.78 Å². The van der Waals surface area contributed by atoms with Crippen molar-refractivity contribution in [1.82, 2.24) is 39.8 Å². The maximum atomic E-state index is 15.0. The Hall–Kier alpha value is -8.63. The van der Waals surface area contributed by atoms with Gasteiger partial charge in [-0.2, -0.15) is 0 Å². The molecule has 8 heterocycles. The highest BCUT2D eigenvalue weighted by atomic mass is 35.5. The summed E-state index contributed by atoms with van der Waals surface area (Å²) in [5.41, 5.74) is 3.62. The number of fused-ring (bicyclic) bond motifs is 10. The summed E-state index contributed by atoms with van der Waals surface area (Å²) in [6.45, 7) is 8.61. The van der Waals surface area contributed by atoms with E-state index in [0.717, 1.165) is 71.5 Å². The number of aryl methyl sites for hydroxylation is 2. The van der Waals surface area contributed by atoms with Crippen molar-refractivity contribution in [3.8, 4) is 34.0 Å². The standard InChI is InChI=1S/C45H53FN4O8S.C39H44FN5O6S.2ClH/c1-42(2,3)57-36(51)24-29-13-8-6-5-7-9-15-30-25-45(30,41(54)49-59(55,56)43(4)21-22-43)48-39(52)35-26-44(27-50(35)40(29)53)20-19-33-32-17-10-11-18-34(32)47-37(38(33)58-44)28-14-12-16-31(46)23-28;1-37(18-19-37)52(49,50)44-36(48)39-21-25(39)11-5-3-2-4-6-14-29(41)35(47)45-23-38(22-31(45)34(46)43-39)17-16-28-27-13-7-8-15-30(27)42-32(33(28)51-38)24-10-9-12-26(40)20-24;;/h9-12,14-18,23,29-30,35H,5-8,13,19-22,24-27H2,1-4H3,(H,48,52)(H,49,54);5,7-13,15,20,25,29,31H,2-4,6,14,16-19,21-23,41H2,1H3,(H,43,46)(H,44,48);2*1H/b15-9-;11-5-;;/t29-,30-,35+,44-,45-;25-,29+,31+,38-,39-;;/m11../s1. The van der Waals surface area contributed by atoms with Crippen LogP contribution in [0.2, 0.25) is 0 Å². The number of amides is 6. The third-order valence-electron chi connectivity index (χ3n) is 24.7. The van der Waals surface area contributed by atoms with Crippen molar-refractivity contribution in [1.29, 1.82) is 0 Å². The topological polar surface area (TPSA) is 323 Å². The molecule has 10 atom stereocenters. The zero-order valence-corrected chi connectivity index (χ0v) is 67.5. The third-order valence-corrected chi connectivity index (χ3v) is 29.0. The van der Waals surface area contributed by atoms with Gasteiger partial charge in [0, 0.05) is 70.0 Å². The number of quaternary nitrogens is 1. The number of esters is 1. The summed E-state index contributed by atoms with van der Waals surface area (Å²) >= 11 is 0. The Morgan fingerprint density at radius 3 is 1.46 bits per heavy atom. The minimum atomic E-state index is -4.02. The number of ether oxygens (including phenoxy) is 3. The van der Waals surface area contributed by atoms with E-state index in [9.17, 15) is 59.2 Å². The first-order valence-corrected chi connectivity index (χ1v) is 42.2. The third kappa shape index (κ3) is 16.4. The average molecular weight is 1630 g/mol.